The Morgan fingerprint density at radius 3 is 2.69 bits per heavy atom. The third-order valence-electron chi connectivity index (χ3n) is 4.00. The largest absolute Gasteiger partial charge is 0.474 e. The summed E-state index contributed by atoms with van der Waals surface area (Å²) < 4.78 is 5.94. The van der Waals surface area contributed by atoms with Crippen molar-refractivity contribution >= 4 is 11.9 Å². The standard InChI is InChI=1S/C19H31N5O2/c1-19(2,3)24-16(25)13-23-18(20-4)22-12-14-9-10-21-17(11-14)26-15-7-5-6-8-15/h9-11,15H,5-8,12-13H2,1-4H3,(H,24,25)(H2,20,22,23). The quantitative estimate of drug-likeness (QED) is 0.533. The molecule has 1 heterocycles. The molecule has 3 N–H and O–H groups in total. The maximum Gasteiger partial charge on any atom is 0.239 e. The lowest BCUT2D eigenvalue weighted by Crippen LogP contribution is -2.48. The first-order chi connectivity index (χ1) is 12.4. The molecule has 0 spiro atoms. The molecule has 1 aromatic rings. The van der Waals surface area contributed by atoms with E-state index in [0.29, 0.717) is 24.5 Å². The molecule has 7 heteroatoms. The van der Waals surface area contributed by atoms with Gasteiger partial charge in [0.1, 0.15) is 6.10 Å². The number of nitrogens with one attached hydrogen (secondary N) is 3. The molecule has 1 fully saturated rings. The molecule has 1 saturated carbocycles. The van der Waals surface area contributed by atoms with Crippen LogP contribution in [0.25, 0.3) is 0 Å². The number of aromatic nitrogens is 1. The fourth-order valence-corrected chi connectivity index (χ4v) is 2.83. The number of carbonyl (C=O) groups excluding carboxylic acids is 1. The van der Waals surface area contributed by atoms with Gasteiger partial charge < -0.3 is 20.7 Å². The van der Waals surface area contributed by atoms with Gasteiger partial charge in [-0.25, -0.2) is 4.98 Å². The van der Waals surface area contributed by atoms with Crippen molar-refractivity contribution in [3.63, 3.8) is 0 Å². The molecule has 0 radical (unpaired) electrons. The van der Waals surface area contributed by atoms with Crippen molar-refractivity contribution < 1.29 is 9.53 Å². The summed E-state index contributed by atoms with van der Waals surface area (Å²) in [6.45, 7) is 6.60. The number of ether oxygens (including phenoxy) is 1. The van der Waals surface area contributed by atoms with E-state index in [9.17, 15) is 4.79 Å². The molecule has 0 saturated heterocycles. The van der Waals surface area contributed by atoms with Gasteiger partial charge >= 0.3 is 0 Å². The van der Waals surface area contributed by atoms with Crippen LogP contribution in [0.4, 0.5) is 0 Å². The number of guanidine groups is 1. The number of hydrogen-bond acceptors (Lipinski definition) is 4. The number of carbonyl (C=O) groups is 1. The summed E-state index contributed by atoms with van der Waals surface area (Å²) in [5.74, 6) is 1.17. The van der Waals surface area contributed by atoms with Crippen LogP contribution in [0.2, 0.25) is 0 Å². The van der Waals surface area contributed by atoms with Gasteiger partial charge in [-0.3, -0.25) is 9.79 Å². The Morgan fingerprint density at radius 1 is 1.31 bits per heavy atom. The number of pyridine rings is 1. The lowest BCUT2D eigenvalue weighted by atomic mass is 10.1. The lowest BCUT2D eigenvalue weighted by Gasteiger charge is -2.21. The first-order valence-electron chi connectivity index (χ1n) is 9.23. The fourth-order valence-electron chi connectivity index (χ4n) is 2.83. The first-order valence-corrected chi connectivity index (χ1v) is 9.23. The zero-order valence-electron chi connectivity index (χ0n) is 16.3. The highest BCUT2D eigenvalue weighted by Gasteiger charge is 2.17. The SMILES string of the molecule is CN=C(NCC(=O)NC(C)(C)C)NCc1ccnc(OC2CCCC2)c1. The molecule has 1 aliphatic carbocycles. The average molecular weight is 361 g/mol. The van der Waals surface area contributed by atoms with Crippen LogP contribution in [0.1, 0.15) is 52.0 Å². The van der Waals surface area contributed by atoms with E-state index in [1.807, 2.05) is 32.9 Å². The van der Waals surface area contributed by atoms with Crippen LogP contribution < -0.4 is 20.7 Å². The van der Waals surface area contributed by atoms with Gasteiger partial charge in [0.2, 0.25) is 11.8 Å². The highest BCUT2D eigenvalue weighted by Crippen LogP contribution is 2.23. The Balaban J connectivity index is 1.79. The second-order valence-electron chi connectivity index (χ2n) is 7.60. The Bertz CT molecular complexity index is 619. The molecule has 0 unspecified atom stereocenters. The number of rotatable bonds is 6. The fraction of sp³-hybridized carbons (Fsp3) is 0.632. The third-order valence-corrected chi connectivity index (χ3v) is 4.00. The van der Waals surface area contributed by atoms with E-state index in [-0.39, 0.29) is 18.0 Å². The summed E-state index contributed by atoms with van der Waals surface area (Å²) >= 11 is 0. The molecule has 2 rings (SSSR count). The van der Waals surface area contributed by atoms with Gasteiger partial charge in [-0.1, -0.05) is 0 Å². The molecular formula is C19H31N5O2. The summed E-state index contributed by atoms with van der Waals surface area (Å²) in [5.41, 5.74) is 0.803. The predicted molar refractivity (Wildman–Crippen MR) is 103 cm³/mol. The van der Waals surface area contributed by atoms with E-state index in [1.165, 1.54) is 12.8 Å². The number of nitrogens with zero attached hydrogens (tertiary/aromatic N) is 2. The summed E-state index contributed by atoms with van der Waals surface area (Å²) in [7, 11) is 1.68. The monoisotopic (exact) mass is 361 g/mol. The molecule has 0 atom stereocenters. The zero-order chi connectivity index (χ0) is 19.0. The van der Waals surface area contributed by atoms with Gasteiger partial charge in [-0.15, -0.1) is 0 Å². The highest BCUT2D eigenvalue weighted by atomic mass is 16.5. The second-order valence-corrected chi connectivity index (χ2v) is 7.60. The van der Waals surface area contributed by atoms with Gasteiger partial charge in [0, 0.05) is 31.4 Å². The minimum atomic E-state index is -0.248. The van der Waals surface area contributed by atoms with Gasteiger partial charge in [0.05, 0.1) is 6.54 Å². The van der Waals surface area contributed by atoms with Crippen molar-refractivity contribution in [1.29, 1.82) is 0 Å². The molecular weight excluding hydrogens is 330 g/mol. The van der Waals surface area contributed by atoms with Crippen molar-refractivity contribution in [1.82, 2.24) is 20.9 Å². The Hall–Kier alpha value is -2.31. The van der Waals surface area contributed by atoms with Crippen LogP contribution in [0.3, 0.4) is 0 Å². The second kappa shape index (κ2) is 9.40. The van der Waals surface area contributed by atoms with E-state index in [2.05, 4.69) is 25.9 Å². The van der Waals surface area contributed by atoms with Crippen LogP contribution in [0.15, 0.2) is 23.3 Å². The van der Waals surface area contributed by atoms with Gasteiger partial charge in [0.15, 0.2) is 5.96 Å². The molecule has 0 aromatic carbocycles. The predicted octanol–water partition coefficient (Wildman–Crippen LogP) is 1.98. The van der Waals surface area contributed by atoms with Crippen molar-refractivity contribution in [2.75, 3.05) is 13.6 Å². The Labute approximate surface area is 156 Å². The molecule has 7 nitrogen and oxygen atoms in total. The van der Waals surface area contributed by atoms with Crippen LogP contribution in [0, 0.1) is 0 Å². The van der Waals surface area contributed by atoms with Crippen molar-refractivity contribution in [3.05, 3.63) is 23.9 Å². The summed E-state index contributed by atoms with van der Waals surface area (Å²) in [5, 5.41) is 9.12. The van der Waals surface area contributed by atoms with Gasteiger partial charge in [-0.05, 0) is 58.1 Å². The van der Waals surface area contributed by atoms with Crippen molar-refractivity contribution in [2.45, 2.75) is 64.6 Å². The van der Waals surface area contributed by atoms with Crippen LogP contribution in [0.5, 0.6) is 5.88 Å². The minimum Gasteiger partial charge on any atom is -0.474 e. The van der Waals surface area contributed by atoms with E-state index < -0.39 is 0 Å². The van der Waals surface area contributed by atoms with Crippen LogP contribution >= 0.6 is 0 Å². The molecule has 0 aliphatic heterocycles. The third kappa shape index (κ3) is 7.29. The molecule has 26 heavy (non-hydrogen) atoms. The number of aliphatic imine (C=N–C) groups is 1. The highest BCUT2D eigenvalue weighted by molar-refractivity contribution is 5.86. The average Bonchev–Trinajstić information content (AvgIpc) is 3.07. The van der Waals surface area contributed by atoms with E-state index >= 15 is 0 Å². The minimum absolute atomic E-state index is 0.0726. The molecule has 144 valence electrons. The molecule has 0 bridgehead atoms. The lowest BCUT2D eigenvalue weighted by molar-refractivity contribution is -0.121. The first kappa shape index (κ1) is 20.0. The van der Waals surface area contributed by atoms with Gasteiger partial charge in [0.25, 0.3) is 0 Å². The number of hydrogen-bond donors (Lipinski definition) is 3. The van der Waals surface area contributed by atoms with Crippen LogP contribution in [-0.2, 0) is 11.3 Å². The summed E-state index contributed by atoms with van der Waals surface area (Å²) in [6.07, 6.45) is 6.73. The maximum atomic E-state index is 11.9. The van der Waals surface area contributed by atoms with Crippen molar-refractivity contribution in [3.8, 4) is 5.88 Å². The normalized spacial score (nSPS) is 15.6. The summed E-state index contributed by atoms with van der Waals surface area (Å²) in [4.78, 5) is 20.3. The Morgan fingerprint density at radius 2 is 2.04 bits per heavy atom. The van der Waals surface area contributed by atoms with E-state index in [4.69, 9.17) is 4.74 Å². The summed E-state index contributed by atoms with van der Waals surface area (Å²) in [6, 6.07) is 3.89. The molecule has 1 aromatic heterocycles. The molecule has 1 aliphatic rings. The molecule has 1 amide bonds. The number of amides is 1. The topological polar surface area (TPSA) is 87.6 Å². The smallest absolute Gasteiger partial charge is 0.239 e. The zero-order valence-corrected chi connectivity index (χ0v) is 16.3. The van der Waals surface area contributed by atoms with Gasteiger partial charge in [-0.2, -0.15) is 0 Å². The maximum absolute atomic E-state index is 11.9. The van der Waals surface area contributed by atoms with Crippen molar-refractivity contribution in [2.24, 2.45) is 4.99 Å². The Kier molecular flexibility index (Phi) is 7.24. The van der Waals surface area contributed by atoms with E-state index in [1.54, 1.807) is 13.2 Å². The van der Waals surface area contributed by atoms with E-state index in [0.717, 1.165) is 18.4 Å². The van der Waals surface area contributed by atoms with Crippen LogP contribution in [-0.4, -0.2) is 42.1 Å².